The predicted molar refractivity (Wildman–Crippen MR) is 183 cm³/mol. The Morgan fingerprint density at radius 2 is 1.35 bits per heavy atom. The summed E-state index contributed by atoms with van der Waals surface area (Å²) in [5.74, 6) is 0. The summed E-state index contributed by atoms with van der Waals surface area (Å²) >= 11 is 1.89. The zero-order valence-corrected chi connectivity index (χ0v) is 24.7. The molecule has 8 aromatic rings. The van der Waals surface area contributed by atoms with Crippen LogP contribution in [0.15, 0.2) is 121 Å². The fraction of sp³-hybridized carbons (Fsp3) is 0.0750. The molecule has 0 atom stereocenters. The van der Waals surface area contributed by atoms with Crippen molar-refractivity contribution in [2.75, 3.05) is 0 Å². The maximum Gasteiger partial charge on any atom is 0.188 e. The van der Waals surface area contributed by atoms with Crippen LogP contribution in [0.1, 0.15) is 25.0 Å². The first-order valence-corrected chi connectivity index (χ1v) is 15.5. The van der Waals surface area contributed by atoms with Crippen molar-refractivity contribution in [2.45, 2.75) is 19.3 Å². The van der Waals surface area contributed by atoms with Crippen LogP contribution in [0.4, 0.5) is 5.69 Å². The van der Waals surface area contributed by atoms with E-state index in [1.807, 2.05) is 17.4 Å². The number of fused-ring (bicyclic) bond motifs is 10. The van der Waals surface area contributed by atoms with E-state index in [0.29, 0.717) is 5.69 Å². The van der Waals surface area contributed by atoms with Crippen molar-refractivity contribution in [1.29, 1.82) is 0 Å². The van der Waals surface area contributed by atoms with Gasteiger partial charge in [-0.3, -0.25) is 0 Å². The lowest BCUT2D eigenvalue weighted by atomic mass is 9.82. The molecule has 0 unspecified atom stereocenters. The summed E-state index contributed by atoms with van der Waals surface area (Å²) in [6.07, 6.45) is 0. The van der Waals surface area contributed by atoms with Crippen LogP contribution in [0.5, 0.6) is 0 Å². The van der Waals surface area contributed by atoms with Crippen molar-refractivity contribution in [2.24, 2.45) is 0 Å². The van der Waals surface area contributed by atoms with Gasteiger partial charge in [-0.05, 0) is 64.2 Å². The lowest BCUT2D eigenvalue weighted by Crippen LogP contribution is -2.14. The van der Waals surface area contributed by atoms with Gasteiger partial charge in [-0.2, -0.15) is 0 Å². The first-order chi connectivity index (χ1) is 21.0. The summed E-state index contributed by atoms with van der Waals surface area (Å²) in [4.78, 5) is 3.82. The van der Waals surface area contributed by atoms with Gasteiger partial charge < -0.3 is 4.57 Å². The van der Waals surface area contributed by atoms with Gasteiger partial charge in [0.25, 0.3) is 0 Å². The van der Waals surface area contributed by atoms with Crippen molar-refractivity contribution in [1.82, 2.24) is 4.57 Å². The third kappa shape index (κ3) is 3.27. The average Bonchev–Trinajstić information content (AvgIpc) is 3.66. The third-order valence-corrected chi connectivity index (χ3v) is 10.6. The standard InChI is InChI=1S/C40H26N2S/c1-40(2)32-13-7-4-12-29(32)38-33(40)19-18-28-31-22-24(16-21-37(31)43-39(28)38)30-23-25(41-3)17-20-36(30)42-34-14-8-5-10-26(34)27-11-6-9-15-35(27)42/h4-23H,1-2H3. The highest BCUT2D eigenvalue weighted by atomic mass is 32.1. The van der Waals surface area contributed by atoms with E-state index >= 15 is 0 Å². The van der Waals surface area contributed by atoms with Crippen LogP contribution >= 0.6 is 11.3 Å². The zero-order chi connectivity index (χ0) is 28.9. The van der Waals surface area contributed by atoms with Gasteiger partial charge in [0.1, 0.15) is 0 Å². The fourth-order valence-corrected chi connectivity index (χ4v) is 8.63. The van der Waals surface area contributed by atoms with Crippen LogP contribution in [0, 0.1) is 6.57 Å². The van der Waals surface area contributed by atoms with Gasteiger partial charge in [0.2, 0.25) is 0 Å². The summed E-state index contributed by atoms with van der Waals surface area (Å²) in [5.41, 5.74) is 11.8. The highest BCUT2D eigenvalue weighted by molar-refractivity contribution is 7.26. The molecule has 0 amide bonds. The second-order valence-electron chi connectivity index (χ2n) is 12.0. The van der Waals surface area contributed by atoms with Gasteiger partial charge in [0.15, 0.2) is 5.69 Å². The van der Waals surface area contributed by atoms with Crippen molar-refractivity contribution in [3.63, 3.8) is 0 Å². The van der Waals surface area contributed by atoms with Crippen LogP contribution in [-0.2, 0) is 5.41 Å². The Balaban J connectivity index is 1.32. The van der Waals surface area contributed by atoms with Crippen molar-refractivity contribution < 1.29 is 0 Å². The highest BCUT2D eigenvalue weighted by Crippen LogP contribution is 2.54. The number of benzene rings is 6. The SMILES string of the molecule is [C-]#[N+]c1ccc(-n2c3ccccc3c3ccccc32)c(-c2ccc3sc4c5c(ccc4c3c2)C(C)(C)c2ccccc2-5)c1. The first kappa shape index (κ1) is 24.4. The molecular weight excluding hydrogens is 541 g/mol. The number of hydrogen-bond donors (Lipinski definition) is 0. The van der Waals surface area contributed by atoms with Crippen molar-refractivity contribution in [3.8, 4) is 27.9 Å². The lowest BCUT2D eigenvalue weighted by molar-refractivity contribution is 0.661. The molecule has 202 valence electrons. The minimum absolute atomic E-state index is 0.0150. The van der Waals surface area contributed by atoms with E-state index < -0.39 is 0 Å². The number of hydrogen-bond acceptors (Lipinski definition) is 1. The van der Waals surface area contributed by atoms with Gasteiger partial charge in [0.05, 0.1) is 23.3 Å². The van der Waals surface area contributed by atoms with Crippen LogP contribution in [-0.4, -0.2) is 4.57 Å². The third-order valence-electron chi connectivity index (χ3n) is 9.42. The quantitative estimate of drug-likeness (QED) is 0.184. The van der Waals surface area contributed by atoms with Gasteiger partial charge in [-0.1, -0.05) is 98.8 Å². The average molecular weight is 567 g/mol. The predicted octanol–water partition coefficient (Wildman–Crippen LogP) is 11.7. The summed E-state index contributed by atoms with van der Waals surface area (Å²) < 4.78 is 5.00. The largest absolute Gasteiger partial charge is 0.309 e. The molecular formula is C40H26N2S. The van der Waals surface area contributed by atoms with Crippen molar-refractivity contribution >= 4 is 59.0 Å². The lowest BCUT2D eigenvalue weighted by Gasteiger charge is -2.21. The summed E-state index contributed by atoms with van der Waals surface area (Å²) in [7, 11) is 0. The topological polar surface area (TPSA) is 9.29 Å². The molecule has 0 fully saturated rings. The Morgan fingerprint density at radius 1 is 0.628 bits per heavy atom. The van der Waals surface area contributed by atoms with Gasteiger partial charge in [-0.15, -0.1) is 11.3 Å². The number of nitrogens with zero attached hydrogens (tertiary/aromatic N) is 2. The number of thiophene rings is 1. The zero-order valence-electron chi connectivity index (χ0n) is 23.8. The van der Waals surface area contributed by atoms with E-state index in [1.54, 1.807) is 0 Å². The molecule has 0 spiro atoms. The maximum atomic E-state index is 7.81. The Kier molecular flexibility index (Phi) is 4.93. The summed E-state index contributed by atoms with van der Waals surface area (Å²) in [5, 5.41) is 5.03. The molecule has 6 aromatic carbocycles. The van der Waals surface area contributed by atoms with Crippen LogP contribution in [0.3, 0.4) is 0 Å². The number of rotatable bonds is 2. The minimum atomic E-state index is -0.0150. The number of para-hydroxylation sites is 2. The molecule has 43 heavy (non-hydrogen) atoms. The molecule has 9 rings (SSSR count). The van der Waals surface area contributed by atoms with Crippen molar-refractivity contribution in [3.05, 3.63) is 144 Å². The molecule has 2 heterocycles. The van der Waals surface area contributed by atoms with Crippen LogP contribution in [0.25, 0.3) is 74.8 Å². The maximum absolute atomic E-state index is 7.81. The van der Waals surface area contributed by atoms with Gasteiger partial charge >= 0.3 is 0 Å². The van der Waals surface area contributed by atoms with E-state index in [4.69, 9.17) is 6.57 Å². The molecule has 1 aliphatic carbocycles. The molecule has 0 saturated heterocycles. The molecule has 0 radical (unpaired) electrons. The van der Waals surface area contributed by atoms with E-state index in [-0.39, 0.29) is 5.41 Å². The molecule has 2 aromatic heterocycles. The van der Waals surface area contributed by atoms with Gasteiger partial charge in [0, 0.05) is 41.9 Å². The fourth-order valence-electron chi connectivity index (χ4n) is 7.39. The number of aromatic nitrogens is 1. The van der Waals surface area contributed by atoms with E-state index in [1.165, 1.54) is 64.2 Å². The second kappa shape index (κ2) is 8.67. The first-order valence-electron chi connectivity index (χ1n) is 14.6. The molecule has 0 N–H and O–H groups in total. The molecule has 0 saturated carbocycles. The summed E-state index contributed by atoms with van der Waals surface area (Å²) in [6, 6.07) is 43.7. The molecule has 0 aliphatic heterocycles. The van der Waals surface area contributed by atoms with Crippen LogP contribution < -0.4 is 0 Å². The molecule has 0 bridgehead atoms. The Bertz CT molecular complexity index is 2450. The summed E-state index contributed by atoms with van der Waals surface area (Å²) in [6.45, 7) is 12.5. The minimum Gasteiger partial charge on any atom is -0.309 e. The van der Waals surface area contributed by atoms with E-state index in [2.05, 4.69) is 139 Å². The van der Waals surface area contributed by atoms with Crippen LogP contribution in [0.2, 0.25) is 0 Å². The highest BCUT2D eigenvalue weighted by Gasteiger charge is 2.36. The Morgan fingerprint density at radius 3 is 2.12 bits per heavy atom. The van der Waals surface area contributed by atoms with E-state index in [9.17, 15) is 0 Å². The Hall–Kier alpha value is -5.17. The Labute approximate surface area is 253 Å². The second-order valence-corrected chi connectivity index (χ2v) is 13.1. The molecule has 3 heteroatoms. The van der Waals surface area contributed by atoms with E-state index in [0.717, 1.165) is 16.8 Å². The monoisotopic (exact) mass is 566 g/mol. The normalized spacial score (nSPS) is 13.5. The molecule has 2 nitrogen and oxygen atoms in total. The molecule has 1 aliphatic rings. The smallest absolute Gasteiger partial charge is 0.188 e. The van der Waals surface area contributed by atoms with Gasteiger partial charge in [-0.25, -0.2) is 4.85 Å².